The Morgan fingerprint density at radius 2 is 2.05 bits per heavy atom. The quantitative estimate of drug-likeness (QED) is 0.775. The molecule has 1 aliphatic rings. The molecular formula is C15H25N3O2S. The summed E-state index contributed by atoms with van der Waals surface area (Å²) in [6.45, 7) is 2.69. The van der Waals surface area contributed by atoms with Crippen LogP contribution in [0.1, 0.15) is 32.6 Å². The largest absolute Gasteiger partial charge is 0.377 e. The average Bonchev–Trinajstić information content (AvgIpc) is 2.50. The van der Waals surface area contributed by atoms with Gasteiger partial charge in [0.05, 0.1) is 11.2 Å². The second-order valence-corrected chi connectivity index (χ2v) is 7.69. The number of hydrogen-bond donors (Lipinski definition) is 3. The lowest BCUT2D eigenvalue weighted by molar-refractivity contribution is 0.235. The summed E-state index contributed by atoms with van der Waals surface area (Å²) in [7, 11) is -2.06. The van der Waals surface area contributed by atoms with Gasteiger partial charge in [0.25, 0.3) is 0 Å². The predicted octanol–water partition coefficient (Wildman–Crippen LogP) is 1.91. The SMILES string of the molecule is CNS(=O)(=O)c1ccccc1NC1(CN)CCCCC1C. The molecule has 0 radical (unpaired) electrons. The van der Waals surface area contributed by atoms with Gasteiger partial charge in [-0.25, -0.2) is 13.1 Å². The van der Waals surface area contributed by atoms with Crippen LogP contribution in [0.3, 0.4) is 0 Å². The van der Waals surface area contributed by atoms with Gasteiger partial charge in [-0.1, -0.05) is 31.9 Å². The highest BCUT2D eigenvalue weighted by Gasteiger charge is 2.37. The van der Waals surface area contributed by atoms with E-state index in [-0.39, 0.29) is 10.4 Å². The van der Waals surface area contributed by atoms with Gasteiger partial charge in [0.2, 0.25) is 10.0 Å². The van der Waals surface area contributed by atoms with Gasteiger partial charge < -0.3 is 11.1 Å². The minimum Gasteiger partial charge on any atom is -0.377 e. The first kappa shape index (κ1) is 16.3. The van der Waals surface area contributed by atoms with E-state index in [1.165, 1.54) is 13.5 Å². The van der Waals surface area contributed by atoms with Gasteiger partial charge in [0, 0.05) is 6.54 Å². The van der Waals surface area contributed by atoms with Gasteiger partial charge >= 0.3 is 0 Å². The van der Waals surface area contributed by atoms with Crippen LogP contribution in [0.4, 0.5) is 5.69 Å². The van der Waals surface area contributed by atoms with Crippen LogP contribution in [-0.4, -0.2) is 27.5 Å². The van der Waals surface area contributed by atoms with Crippen molar-refractivity contribution in [3.05, 3.63) is 24.3 Å². The fraction of sp³-hybridized carbons (Fsp3) is 0.600. The Bertz CT molecular complexity index is 588. The molecule has 1 saturated carbocycles. The Morgan fingerprint density at radius 3 is 2.67 bits per heavy atom. The third-order valence-electron chi connectivity index (χ3n) is 4.65. The van der Waals surface area contributed by atoms with E-state index in [1.807, 2.05) is 12.1 Å². The summed E-state index contributed by atoms with van der Waals surface area (Å²) in [6, 6.07) is 7.00. The number of rotatable bonds is 5. The number of para-hydroxylation sites is 1. The molecule has 2 atom stereocenters. The van der Waals surface area contributed by atoms with E-state index < -0.39 is 10.0 Å². The summed E-state index contributed by atoms with van der Waals surface area (Å²) in [5, 5.41) is 3.46. The third kappa shape index (κ3) is 3.22. The van der Waals surface area contributed by atoms with Crippen molar-refractivity contribution in [1.82, 2.24) is 4.72 Å². The number of nitrogens with two attached hydrogens (primary N) is 1. The summed E-state index contributed by atoms with van der Waals surface area (Å²) in [4.78, 5) is 0.276. The number of sulfonamides is 1. The Morgan fingerprint density at radius 1 is 1.33 bits per heavy atom. The number of hydrogen-bond acceptors (Lipinski definition) is 4. The van der Waals surface area contributed by atoms with E-state index in [0.29, 0.717) is 18.2 Å². The maximum absolute atomic E-state index is 12.2. The van der Waals surface area contributed by atoms with Gasteiger partial charge in [0.15, 0.2) is 0 Å². The molecule has 1 fully saturated rings. The Kier molecular flexibility index (Phi) is 4.91. The molecule has 2 unspecified atom stereocenters. The van der Waals surface area contributed by atoms with Crippen molar-refractivity contribution in [3.8, 4) is 0 Å². The van der Waals surface area contributed by atoms with Crippen LogP contribution in [0, 0.1) is 5.92 Å². The molecular weight excluding hydrogens is 286 g/mol. The fourth-order valence-electron chi connectivity index (χ4n) is 3.14. The maximum atomic E-state index is 12.2. The minimum atomic E-state index is -3.49. The first-order valence-electron chi connectivity index (χ1n) is 7.46. The second-order valence-electron chi connectivity index (χ2n) is 5.84. The van der Waals surface area contributed by atoms with E-state index >= 15 is 0 Å². The van der Waals surface area contributed by atoms with E-state index in [2.05, 4.69) is 17.0 Å². The maximum Gasteiger partial charge on any atom is 0.242 e. The highest BCUT2D eigenvalue weighted by molar-refractivity contribution is 7.89. The predicted molar refractivity (Wildman–Crippen MR) is 85.7 cm³/mol. The van der Waals surface area contributed by atoms with Crippen molar-refractivity contribution >= 4 is 15.7 Å². The van der Waals surface area contributed by atoms with Crippen molar-refractivity contribution in [1.29, 1.82) is 0 Å². The molecule has 118 valence electrons. The van der Waals surface area contributed by atoms with Gasteiger partial charge in [-0.05, 0) is 37.9 Å². The standard InChI is InChI=1S/C15H25N3O2S/c1-12-7-5-6-10-15(12,11-16)18-13-8-3-4-9-14(13)21(19,20)17-2/h3-4,8-9,12,17-18H,5-7,10-11,16H2,1-2H3. The first-order valence-corrected chi connectivity index (χ1v) is 8.94. The topological polar surface area (TPSA) is 84.2 Å². The van der Waals surface area contributed by atoms with Gasteiger partial charge in [-0.2, -0.15) is 0 Å². The molecule has 4 N–H and O–H groups in total. The van der Waals surface area contributed by atoms with Crippen LogP contribution in [-0.2, 0) is 10.0 Å². The zero-order valence-electron chi connectivity index (χ0n) is 12.7. The Labute approximate surface area is 127 Å². The highest BCUT2D eigenvalue weighted by atomic mass is 32.2. The normalized spacial score (nSPS) is 26.5. The Balaban J connectivity index is 2.39. The molecule has 0 spiro atoms. The third-order valence-corrected chi connectivity index (χ3v) is 6.12. The number of nitrogens with one attached hydrogen (secondary N) is 2. The summed E-state index contributed by atoms with van der Waals surface area (Å²) in [5.74, 6) is 0.418. The smallest absolute Gasteiger partial charge is 0.242 e. The van der Waals surface area contributed by atoms with Gasteiger partial charge in [-0.3, -0.25) is 0 Å². The van der Waals surface area contributed by atoms with E-state index in [0.717, 1.165) is 19.3 Å². The number of benzene rings is 1. The molecule has 1 aliphatic carbocycles. The molecule has 5 nitrogen and oxygen atoms in total. The molecule has 0 aromatic heterocycles. The van der Waals surface area contributed by atoms with Crippen molar-refractivity contribution in [2.24, 2.45) is 11.7 Å². The van der Waals surface area contributed by atoms with Crippen LogP contribution < -0.4 is 15.8 Å². The van der Waals surface area contributed by atoms with Crippen LogP contribution in [0.2, 0.25) is 0 Å². The van der Waals surface area contributed by atoms with Crippen LogP contribution in [0.25, 0.3) is 0 Å². The lowest BCUT2D eigenvalue weighted by atomic mass is 9.73. The molecule has 21 heavy (non-hydrogen) atoms. The molecule has 1 aromatic rings. The highest BCUT2D eigenvalue weighted by Crippen LogP contribution is 2.37. The molecule has 0 amide bonds. The summed E-state index contributed by atoms with van der Waals surface area (Å²) in [5.41, 5.74) is 6.45. The van der Waals surface area contributed by atoms with Gasteiger partial charge in [-0.15, -0.1) is 0 Å². The zero-order valence-corrected chi connectivity index (χ0v) is 13.5. The van der Waals surface area contributed by atoms with Crippen molar-refractivity contribution in [2.75, 3.05) is 18.9 Å². The molecule has 0 heterocycles. The fourth-order valence-corrected chi connectivity index (χ4v) is 4.02. The zero-order chi connectivity index (χ0) is 15.5. The lowest BCUT2D eigenvalue weighted by Crippen LogP contribution is -2.52. The number of anilines is 1. The summed E-state index contributed by atoms with van der Waals surface area (Å²) < 4.78 is 26.7. The van der Waals surface area contributed by atoms with Crippen LogP contribution >= 0.6 is 0 Å². The van der Waals surface area contributed by atoms with Gasteiger partial charge in [0.1, 0.15) is 4.90 Å². The van der Waals surface area contributed by atoms with Crippen molar-refractivity contribution < 1.29 is 8.42 Å². The minimum absolute atomic E-state index is 0.225. The van der Waals surface area contributed by atoms with Crippen LogP contribution in [0.5, 0.6) is 0 Å². The molecule has 0 aliphatic heterocycles. The molecule has 2 rings (SSSR count). The van der Waals surface area contributed by atoms with E-state index in [1.54, 1.807) is 12.1 Å². The molecule has 6 heteroatoms. The lowest BCUT2D eigenvalue weighted by Gasteiger charge is -2.43. The van der Waals surface area contributed by atoms with Crippen molar-refractivity contribution in [2.45, 2.75) is 43.0 Å². The summed E-state index contributed by atoms with van der Waals surface area (Å²) in [6.07, 6.45) is 4.42. The second kappa shape index (κ2) is 6.34. The van der Waals surface area contributed by atoms with Crippen molar-refractivity contribution in [3.63, 3.8) is 0 Å². The average molecular weight is 311 g/mol. The summed E-state index contributed by atoms with van der Waals surface area (Å²) >= 11 is 0. The first-order chi connectivity index (χ1) is 9.95. The molecule has 0 bridgehead atoms. The van der Waals surface area contributed by atoms with E-state index in [9.17, 15) is 8.42 Å². The molecule has 0 saturated heterocycles. The Hall–Kier alpha value is -1.11. The van der Waals surface area contributed by atoms with Crippen LogP contribution in [0.15, 0.2) is 29.2 Å². The molecule has 1 aromatic carbocycles. The monoisotopic (exact) mass is 311 g/mol. The van der Waals surface area contributed by atoms with E-state index in [4.69, 9.17) is 5.73 Å².